The number of esters is 1. The van der Waals surface area contributed by atoms with E-state index in [2.05, 4.69) is 48.0 Å². The summed E-state index contributed by atoms with van der Waals surface area (Å²) in [5.74, 6) is -0.809. The molecular formula is C11H13BrINO4S. The number of anilines is 1. The number of hydrogen-bond donors (Lipinski definition) is 1. The minimum atomic E-state index is -3.55. The Morgan fingerprint density at radius 1 is 1.47 bits per heavy atom. The van der Waals surface area contributed by atoms with E-state index < -0.39 is 16.0 Å². The van der Waals surface area contributed by atoms with Crippen molar-refractivity contribution < 1.29 is 17.9 Å². The van der Waals surface area contributed by atoms with Gasteiger partial charge in [0.2, 0.25) is 10.0 Å². The number of rotatable bonds is 6. The van der Waals surface area contributed by atoms with E-state index in [1.165, 1.54) is 0 Å². The van der Waals surface area contributed by atoms with E-state index in [9.17, 15) is 13.2 Å². The standard InChI is InChI=1S/C11H13BrINO4S/c1-2-18-11(15)5-6-19(16,17)14-8-3-4-9(12)10(13)7-8/h3-4,7,14H,2,5-6H2,1H3. The zero-order valence-electron chi connectivity index (χ0n) is 10.2. The molecule has 0 aliphatic heterocycles. The molecule has 1 aromatic rings. The Hall–Kier alpha value is -0.350. The summed E-state index contributed by atoms with van der Waals surface area (Å²) >= 11 is 5.42. The van der Waals surface area contributed by atoms with Gasteiger partial charge in [-0.05, 0) is 63.6 Å². The maximum absolute atomic E-state index is 11.8. The smallest absolute Gasteiger partial charge is 0.306 e. The fourth-order valence-corrected chi connectivity index (χ4v) is 3.03. The SMILES string of the molecule is CCOC(=O)CCS(=O)(=O)Nc1ccc(Br)c(I)c1. The average molecular weight is 462 g/mol. The first-order valence-electron chi connectivity index (χ1n) is 5.45. The van der Waals surface area contributed by atoms with Crippen LogP contribution in [0.3, 0.4) is 0 Å². The van der Waals surface area contributed by atoms with Gasteiger partial charge in [0.15, 0.2) is 0 Å². The number of sulfonamides is 1. The number of nitrogens with one attached hydrogen (secondary N) is 1. The van der Waals surface area contributed by atoms with Crippen LogP contribution in [0.2, 0.25) is 0 Å². The average Bonchev–Trinajstić information content (AvgIpc) is 2.32. The van der Waals surface area contributed by atoms with Crippen LogP contribution >= 0.6 is 38.5 Å². The molecule has 0 radical (unpaired) electrons. The molecule has 0 aromatic heterocycles. The molecule has 0 fully saturated rings. The third-order valence-corrected chi connectivity index (χ3v) is 5.69. The van der Waals surface area contributed by atoms with Crippen molar-refractivity contribution in [1.82, 2.24) is 0 Å². The summed E-state index contributed by atoms with van der Waals surface area (Å²) in [7, 11) is -3.55. The van der Waals surface area contributed by atoms with Crippen LogP contribution in [0.4, 0.5) is 5.69 Å². The molecule has 0 aliphatic carbocycles. The first-order chi connectivity index (χ1) is 8.84. The highest BCUT2D eigenvalue weighted by atomic mass is 127. The Kier molecular flexibility index (Phi) is 6.54. The molecule has 0 saturated carbocycles. The lowest BCUT2D eigenvalue weighted by atomic mass is 10.3. The highest BCUT2D eigenvalue weighted by Crippen LogP contribution is 2.23. The van der Waals surface area contributed by atoms with Gasteiger partial charge in [-0.15, -0.1) is 0 Å². The normalized spacial score (nSPS) is 11.1. The Balaban J connectivity index is 2.64. The second-order valence-electron chi connectivity index (χ2n) is 3.60. The van der Waals surface area contributed by atoms with Crippen LogP contribution in [-0.4, -0.2) is 26.7 Å². The fourth-order valence-electron chi connectivity index (χ4n) is 1.24. The van der Waals surface area contributed by atoms with Crippen LogP contribution < -0.4 is 4.72 Å². The molecule has 19 heavy (non-hydrogen) atoms. The first kappa shape index (κ1) is 16.7. The summed E-state index contributed by atoms with van der Waals surface area (Å²) in [6.07, 6.45) is -0.156. The minimum absolute atomic E-state index is 0.156. The van der Waals surface area contributed by atoms with Crippen molar-refractivity contribution in [2.24, 2.45) is 0 Å². The van der Waals surface area contributed by atoms with Gasteiger partial charge in [0, 0.05) is 13.7 Å². The molecule has 1 aromatic carbocycles. The Bertz CT molecular complexity index is 562. The third kappa shape index (κ3) is 6.09. The Morgan fingerprint density at radius 2 is 2.16 bits per heavy atom. The molecule has 0 heterocycles. The summed E-state index contributed by atoms with van der Waals surface area (Å²) < 4.78 is 32.4. The number of carbonyl (C=O) groups excluding carboxylic acids is 1. The quantitative estimate of drug-likeness (QED) is 0.522. The van der Waals surface area contributed by atoms with Crippen molar-refractivity contribution in [3.05, 3.63) is 26.2 Å². The van der Waals surface area contributed by atoms with Crippen LogP contribution in [0, 0.1) is 3.57 Å². The van der Waals surface area contributed by atoms with Crippen molar-refractivity contribution in [2.45, 2.75) is 13.3 Å². The molecule has 0 amide bonds. The number of ether oxygens (including phenoxy) is 1. The molecule has 1 rings (SSSR count). The van der Waals surface area contributed by atoms with Crippen LogP contribution in [0.5, 0.6) is 0 Å². The van der Waals surface area contributed by atoms with Gasteiger partial charge in [0.05, 0.1) is 18.8 Å². The van der Waals surface area contributed by atoms with Crippen LogP contribution in [0.1, 0.15) is 13.3 Å². The second-order valence-corrected chi connectivity index (χ2v) is 7.46. The van der Waals surface area contributed by atoms with Gasteiger partial charge in [0.25, 0.3) is 0 Å². The predicted octanol–water partition coefficient (Wildman–Crippen LogP) is 2.75. The van der Waals surface area contributed by atoms with Crippen LogP contribution in [0.15, 0.2) is 22.7 Å². The van der Waals surface area contributed by atoms with Gasteiger partial charge in [-0.25, -0.2) is 8.42 Å². The lowest BCUT2D eigenvalue weighted by molar-refractivity contribution is -0.142. The highest BCUT2D eigenvalue weighted by Gasteiger charge is 2.14. The lowest BCUT2D eigenvalue weighted by Crippen LogP contribution is -2.20. The van der Waals surface area contributed by atoms with Crippen molar-refractivity contribution in [3.63, 3.8) is 0 Å². The van der Waals surface area contributed by atoms with Gasteiger partial charge in [-0.2, -0.15) is 0 Å². The predicted molar refractivity (Wildman–Crippen MR) is 85.5 cm³/mol. The summed E-state index contributed by atoms with van der Waals surface area (Å²) in [5.41, 5.74) is 0.469. The van der Waals surface area contributed by atoms with E-state index >= 15 is 0 Å². The van der Waals surface area contributed by atoms with Gasteiger partial charge in [-0.1, -0.05) is 0 Å². The van der Waals surface area contributed by atoms with E-state index in [0.29, 0.717) is 5.69 Å². The molecule has 0 atom stereocenters. The summed E-state index contributed by atoms with van der Waals surface area (Å²) in [5, 5.41) is 0. The van der Waals surface area contributed by atoms with Gasteiger partial charge in [-0.3, -0.25) is 9.52 Å². The Labute approximate surface area is 134 Å². The van der Waals surface area contributed by atoms with Crippen molar-refractivity contribution in [2.75, 3.05) is 17.1 Å². The molecule has 106 valence electrons. The van der Waals surface area contributed by atoms with Gasteiger partial charge < -0.3 is 4.74 Å². The van der Waals surface area contributed by atoms with Crippen LogP contribution in [-0.2, 0) is 19.6 Å². The third-order valence-electron chi connectivity index (χ3n) is 2.07. The van der Waals surface area contributed by atoms with E-state index in [0.717, 1.165) is 8.04 Å². The minimum Gasteiger partial charge on any atom is -0.466 e. The second kappa shape index (κ2) is 7.44. The molecule has 0 bridgehead atoms. The zero-order valence-corrected chi connectivity index (χ0v) is 14.7. The topological polar surface area (TPSA) is 72.5 Å². The summed E-state index contributed by atoms with van der Waals surface area (Å²) in [6.45, 7) is 1.92. The lowest BCUT2D eigenvalue weighted by Gasteiger charge is -2.08. The Morgan fingerprint density at radius 3 is 2.74 bits per heavy atom. The molecule has 1 N–H and O–H groups in total. The van der Waals surface area contributed by atoms with E-state index in [4.69, 9.17) is 0 Å². The molecule has 0 aliphatic rings. The van der Waals surface area contributed by atoms with E-state index in [1.54, 1.807) is 25.1 Å². The fraction of sp³-hybridized carbons (Fsp3) is 0.364. The van der Waals surface area contributed by atoms with Crippen LogP contribution in [0.25, 0.3) is 0 Å². The van der Waals surface area contributed by atoms with Gasteiger partial charge >= 0.3 is 5.97 Å². The number of hydrogen-bond acceptors (Lipinski definition) is 4. The molecule has 0 spiro atoms. The van der Waals surface area contributed by atoms with Crippen molar-refractivity contribution in [1.29, 1.82) is 0 Å². The molecular weight excluding hydrogens is 449 g/mol. The number of benzene rings is 1. The highest BCUT2D eigenvalue weighted by molar-refractivity contribution is 14.1. The first-order valence-corrected chi connectivity index (χ1v) is 8.97. The number of carbonyl (C=O) groups is 1. The molecule has 0 saturated heterocycles. The van der Waals surface area contributed by atoms with Gasteiger partial charge in [0.1, 0.15) is 0 Å². The van der Waals surface area contributed by atoms with Crippen molar-refractivity contribution in [3.8, 4) is 0 Å². The van der Waals surface area contributed by atoms with E-state index in [-0.39, 0.29) is 18.8 Å². The summed E-state index contributed by atoms with van der Waals surface area (Å²) in [6, 6.07) is 5.10. The maximum Gasteiger partial charge on any atom is 0.306 e. The monoisotopic (exact) mass is 461 g/mol. The molecule has 0 unspecified atom stereocenters. The van der Waals surface area contributed by atoms with E-state index in [1.807, 2.05) is 0 Å². The number of halogens is 2. The zero-order chi connectivity index (χ0) is 14.5. The molecule has 8 heteroatoms. The molecule has 5 nitrogen and oxygen atoms in total. The van der Waals surface area contributed by atoms with Crippen molar-refractivity contribution >= 4 is 60.2 Å². The summed E-state index contributed by atoms with van der Waals surface area (Å²) in [4.78, 5) is 11.1. The largest absolute Gasteiger partial charge is 0.466 e. The maximum atomic E-state index is 11.8.